The Morgan fingerprint density at radius 2 is 1.66 bits per heavy atom. The van der Waals surface area contributed by atoms with E-state index >= 15 is 0 Å². The van der Waals surface area contributed by atoms with Crippen LogP contribution < -0.4 is 19.6 Å². The number of aromatic nitrogens is 1. The highest BCUT2D eigenvalue weighted by molar-refractivity contribution is 7.20. The number of ether oxygens (including phenoxy) is 4. The molecule has 1 saturated carbocycles. The maximum Gasteiger partial charge on any atom is 0.343 e. The molecule has 1 aromatic heterocycles. The van der Waals surface area contributed by atoms with E-state index in [1.807, 2.05) is 31.2 Å². The van der Waals surface area contributed by atoms with Crippen LogP contribution in [0.25, 0.3) is 10.2 Å². The lowest BCUT2D eigenvalue weighted by Crippen LogP contribution is -2.26. The molecular weight excluding hydrogens is 687 g/mol. The van der Waals surface area contributed by atoms with Gasteiger partial charge in [-0.1, -0.05) is 50.8 Å². The van der Waals surface area contributed by atoms with Crippen LogP contribution in [-0.2, 0) is 9.53 Å². The number of hydrogen-bond donors (Lipinski definition) is 1. The normalized spacial score (nSPS) is 15.9. The van der Waals surface area contributed by atoms with Crippen molar-refractivity contribution < 1.29 is 28.5 Å². The fourth-order valence-corrected chi connectivity index (χ4v) is 7.41. The minimum atomic E-state index is -0.534. The summed E-state index contributed by atoms with van der Waals surface area (Å²) in [5.41, 5.74) is 5.24. The molecule has 1 fully saturated rings. The zero-order chi connectivity index (χ0) is 37.3. The molecule has 0 bridgehead atoms. The Hall–Kier alpha value is -4.54. The minimum Gasteiger partial charge on any atom is -0.494 e. The number of thiazole rings is 1. The fourth-order valence-electron chi connectivity index (χ4n) is 6.44. The van der Waals surface area contributed by atoms with Crippen LogP contribution in [-0.4, -0.2) is 49.0 Å². The Morgan fingerprint density at radius 3 is 2.40 bits per heavy atom. The van der Waals surface area contributed by atoms with Gasteiger partial charge in [0.2, 0.25) is 0 Å². The molecule has 5 rings (SSSR count). The zero-order valence-electron chi connectivity index (χ0n) is 31.1. The van der Waals surface area contributed by atoms with Gasteiger partial charge in [-0.25, -0.2) is 9.78 Å². The molecule has 9 nitrogen and oxygen atoms in total. The Kier molecular flexibility index (Phi) is 15.9. The van der Waals surface area contributed by atoms with Crippen LogP contribution in [0.4, 0.5) is 0 Å². The van der Waals surface area contributed by atoms with Crippen LogP contribution in [0.15, 0.2) is 84.5 Å². The van der Waals surface area contributed by atoms with Crippen LogP contribution >= 0.6 is 11.3 Å². The third-order valence-electron chi connectivity index (χ3n) is 9.40. The van der Waals surface area contributed by atoms with E-state index in [0.29, 0.717) is 59.0 Å². The quantitative estimate of drug-likeness (QED) is 0.0225. The number of para-hydroxylation sites is 1. The van der Waals surface area contributed by atoms with Crippen molar-refractivity contribution in [1.29, 1.82) is 0 Å². The van der Waals surface area contributed by atoms with E-state index in [0.717, 1.165) is 68.2 Å². The maximum atomic E-state index is 13.5. The van der Waals surface area contributed by atoms with Crippen LogP contribution in [0.5, 0.6) is 17.2 Å². The van der Waals surface area contributed by atoms with Crippen LogP contribution in [0.1, 0.15) is 105 Å². The van der Waals surface area contributed by atoms with Gasteiger partial charge in [0.1, 0.15) is 28.0 Å². The van der Waals surface area contributed by atoms with Gasteiger partial charge in [0.05, 0.1) is 40.5 Å². The Balaban J connectivity index is 1.30. The lowest BCUT2D eigenvalue weighted by molar-refractivity contribution is -0.140. The van der Waals surface area contributed by atoms with Gasteiger partial charge in [-0.2, -0.15) is 5.10 Å². The molecule has 0 atom stereocenters. The molecule has 1 aliphatic carbocycles. The van der Waals surface area contributed by atoms with Gasteiger partial charge >= 0.3 is 11.9 Å². The lowest BCUT2D eigenvalue weighted by atomic mass is 9.80. The second-order valence-electron chi connectivity index (χ2n) is 13.4. The SMILES string of the molecule is C=CCOCCCCCCOc1ccc(C(=O)Oc2ccc(OC(=O)C3CCC(CCCC)CC3)cc2C(=NNCC)c2nc3ccccc3s2)cc1. The van der Waals surface area contributed by atoms with Crippen molar-refractivity contribution in [2.24, 2.45) is 16.9 Å². The third kappa shape index (κ3) is 12.0. The van der Waals surface area contributed by atoms with Gasteiger partial charge in [0.25, 0.3) is 0 Å². The van der Waals surface area contributed by atoms with Gasteiger partial charge in [-0.15, -0.1) is 17.9 Å². The van der Waals surface area contributed by atoms with Crippen molar-refractivity contribution in [2.75, 3.05) is 26.4 Å². The summed E-state index contributed by atoms with van der Waals surface area (Å²) in [7, 11) is 0. The van der Waals surface area contributed by atoms with Gasteiger partial charge in [0.15, 0.2) is 0 Å². The van der Waals surface area contributed by atoms with Gasteiger partial charge in [-0.05, 0) is 112 Å². The van der Waals surface area contributed by atoms with E-state index in [9.17, 15) is 9.59 Å². The summed E-state index contributed by atoms with van der Waals surface area (Å²) in [6, 6.07) is 19.9. The molecule has 0 unspecified atom stereocenters. The first-order valence-electron chi connectivity index (χ1n) is 19.1. The Morgan fingerprint density at radius 1 is 0.906 bits per heavy atom. The standard InChI is InChI=1S/C43H53N3O6S/c1-4-7-14-31-17-19-32(20-18-31)42(47)51-35-25-26-38(36(30-35)40(46-44-6-3)41-45-37-15-10-11-16-39(37)53-41)52-43(48)33-21-23-34(24-22-33)50-29-13-9-8-12-28-49-27-5-2/h5,10-11,15-16,21-26,30-32,44H,2,4,6-9,12-14,17-20,27-29H2,1,3H3. The molecular formula is C43H53N3O6S. The van der Waals surface area contributed by atoms with E-state index in [1.165, 1.54) is 30.6 Å². The van der Waals surface area contributed by atoms with E-state index in [1.54, 1.807) is 48.5 Å². The second-order valence-corrected chi connectivity index (χ2v) is 14.5. The van der Waals surface area contributed by atoms with Crippen molar-refractivity contribution in [3.8, 4) is 17.2 Å². The fraction of sp³-hybridized carbons (Fsp3) is 0.442. The second kappa shape index (κ2) is 21.2. The monoisotopic (exact) mass is 739 g/mol. The van der Waals surface area contributed by atoms with E-state index in [-0.39, 0.29) is 17.6 Å². The Bertz CT molecular complexity index is 1760. The van der Waals surface area contributed by atoms with Crippen LogP contribution in [0, 0.1) is 11.8 Å². The van der Waals surface area contributed by atoms with E-state index < -0.39 is 5.97 Å². The van der Waals surface area contributed by atoms with Gasteiger partial charge in [0, 0.05) is 13.2 Å². The summed E-state index contributed by atoms with van der Waals surface area (Å²) >= 11 is 1.49. The number of esters is 2. The van der Waals surface area contributed by atoms with E-state index in [4.69, 9.17) is 29.0 Å². The molecule has 0 radical (unpaired) electrons. The number of nitrogens with zero attached hydrogens (tertiary/aromatic N) is 2. The number of fused-ring (bicyclic) bond motifs is 1. The number of hydrazone groups is 1. The summed E-state index contributed by atoms with van der Waals surface area (Å²) in [6.45, 7) is 10.3. The zero-order valence-corrected chi connectivity index (χ0v) is 32.0. The predicted molar refractivity (Wildman–Crippen MR) is 212 cm³/mol. The van der Waals surface area contributed by atoms with Gasteiger partial charge in [-0.3, -0.25) is 4.79 Å². The Labute approximate surface area is 317 Å². The number of unbranched alkanes of at least 4 members (excludes halogenated alkanes) is 4. The topological polar surface area (TPSA) is 108 Å². The average Bonchev–Trinajstić information content (AvgIpc) is 3.62. The number of benzene rings is 3. The minimum absolute atomic E-state index is 0.132. The van der Waals surface area contributed by atoms with Crippen molar-refractivity contribution in [1.82, 2.24) is 10.4 Å². The van der Waals surface area contributed by atoms with Crippen LogP contribution in [0.2, 0.25) is 0 Å². The molecule has 10 heteroatoms. The molecule has 0 saturated heterocycles. The molecule has 3 aromatic carbocycles. The van der Waals surface area contributed by atoms with Crippen molar-refractivity contribution in [3.63, 3.8) is 0 Å². The molecule has 4 aromatic rings. The molecule has 282 valence electrons. The highest BCUT2D eigenvalue weighted by Crippen LogP contribution is 2.35. The predicted octanol–water partition coefficient (Wildman–Crippen LogP) is 9.92. The molecule has 0 aliphatic heterocycles. The smallest absolute Gasteiger partial charge is 0.343 e. The first kappa shape index (κ1) is 39.7. The number of rotatable bonds is 21. The van der Waals surface area contributed by atoms with Crippen LogP contribution in [0.3, 0.4) is 0 Å². The first-order chi connectivity index (χ1) is 26.0. The number of nitrogens with one attached hydrogen (secondary N) is 1. The summed E-state index contributed by atoms with van der Waals surface area (Å²) in [5, 5.41) is 5.33. The third-order valence-corrected chi connectivity index (χ3v) is 10.4. The highest BCUT2D eigenvalue weighted by atomic mass is 32.1. The molecule has 1 N–H and O–H groups in total. The van der Waals surface area contributed by atoms with Crippen molar-refractivity contribution in [2.45, 2.75) is 84.5 Å². The lowest BCUT2D eigenvalue weighted by Gasteiger charge is -2.27. The summed E-state index contributed by atoms with van der Waals surface area (Å²) < 4.78 is 24.4. The number of carbonyl (C=O) groups is 2. The van der Waals surface area contributed by atoms with Gasteiger partial charge < -0.3 is 24.4 Å². The molecule has 0 spiro atoms. The average molecular weight is 740 g/mol. The first-order valence-corrected chi connectivity index (χ1v) is 20.0. The maximum absolute atomic E-state index is 13.5. The summed E-state index contributed by atoms with van der Waals surface area (Å²) in [5.74, 6) is 1.13. The molecule has 1 aliphatic rings. The molecule has 53 heavy (non-hydrogen) atoms. The molecule has 1 heterocycles. The summed E-state index contributed by atoms with van der Waals surface area (Å²) in [4.78, 5) is 31.8. The number of hydrogen-bond acceptors (Lipinski definition) is 10. The van der Waals surface area contributed by atoms with Crippen molar-refractivity contribution in [3.05, 3.63) is 95.5 Å². The summed E-state index contributed by atoms with van der Waals surface area (Å²) in [6.07, 6.45) is 13.3. The molecule has 0 amide bonds. The van der Waals surface area contributed by atoms with E-state index in [2.05, 4.69) is 18.9 Å². The number of carbonyl (C=O) groups excluding carboxylic acids is 2. The highest BCUT2D eigenvalue weighted by Gasteiger charge is 2.28. The van der Waals surface area contributed by atoms with Crippen molar-refractivity contribution >= 4 is 39.2 Å². The largest absolute Gasteiger partial charge is 0.494 e.